The van der Waals surface area contributed by atoms with Crippen molar-refractivity contribution in [1.82, 2.24) is 29.8 Å². The molecule has 11 nitrogen and oxygen atoms in total. The number of carbonyl (C=O) groups excluding carboxylic acids is 2. The van der Waals surface area contributed by atoms with E-state index in [-0.39, 0.29) is 18.9 Å². The first-order valence-electron chi connectivity index (χ1n) is 9.82. The summed E-state index contributed by atoms with van der Waals surface area (Å²) in [4.78, 5) is 42.5. The van der Waals surface area contributed by atoms with Gasteiger partial charge in [0.15, 0.2) is 0 Å². The van der Waals surface area contributed by atoms with Gasteiger partial charge in [-0.05, 0) is 19.8 Å². The number of nitrogens with zero attached hydrogens (tertiary/aromatic N) is 5. The van der Waals surface area contributed by atoms with E-state index in [1.807, 2.05) is 5.01 Å². The molecule has 1 aromatic rings. The van der Waals surface area contributed by atoms with Crippen molar-refractivity contribution in [3.8, 4) is 0 Å². The van der Waals surface area contributed by atoms with Gasteiger partial charge in [0, 0.05) is 26.2 Å². The fraction of sp³-hybridized carbons (Fsp3) is 0.667. The maximum absolute atomic E-state index is 13.0. The van der Waals surface area contributed by atoms with Crippen LogP contribution in [-0.2, 0) is 11.3 Å². The van der Waals surface area contributed by atoms with Crippen LogP contribution < -0.4 is 5.32 Å². The number of hydrogen-bond donors (Lipinski definition) is 3. The van der Waals surface area contributed by atoms with Crippen LogP contribution in [0.25, 0.3) is 0 Å². The van der Waals surface area contributed by atoms with Gasteiger partial charge in [-0.2, -0.15) is 0 Å². The highest BCUT2D eigenvalue weighted by Crippen LogP contribution is 2.24. The minimum Gasteiger partial charge on any atom is -0.465 e. The molecule has 1 aromatic heterocycles. The normalized spacial score (nSPS) is 18.7. The summed E-state index contributed by atoms with van der Waals surface area (Å²) in [5.74, 6) is 0.194. The maximum atomic E-state index is 13.0. The summed E-state index contributed by atoms with van der Waals surface area (Å²) < 4.78 is 1.58. The van der Waals surface area contributed by atoms with Crippen molar-refractivity contribution in [1.29, 1.82) is 0 Å². The van der Waals surface area contributed by atoms with Crippen LogP contribution in [0.4, 0.5) is 9.59 Å². The van der Waals surface area contributed by atoms with Crippen LogP contribution >= 0.6 is 0 Å². The minimum atomic E-state index is -1.45. The van der Waals surface area contributed by atoms with Gasteiger partial charge < -0.3 is 20.4 Å². The highest BCUT2D eigenvalue weighted by atomic mass is 16.4. The number of hydrogen-bond acceptors (Lipinski definition) is 6. The molecule has 11 heteroatoms. The van der Waals surface area contributed by atoms with Crippen molar-refractivity contribution in [3.05, 3.63) is 17.7 Å². The Kier molecular flexibility index (Phi) is 5.80. The number of amides is 3. The lowest BCUT2D eigenvalue weighted by molar-refractivity contribution is -0.145. The molecule has 1 saturated heterocycles. The molecule has 0 aliphatic carbocycles. The summed E-state index contributed by atoms with van der Waals surface area (Å²) in [6, 6.07) is -1.39. The van der Waals surface area contributed by atoms with Crippen LogP contribution in [0.3, 0.4) is 0 Å². The van der Waals surface area contributed by atoms with Gasteiger partial charge in [-0.15, -0.1) is 0 Å². The van der Waals surface area contributed by atoms with E-state index in [1.54, 1.807) is 41.4 Å². The Balaban J connectivity index is 1.65. The Morgan fingerprint density at radius 1 is 1.24 bits per heavy atom. The Morgan fingerprint density at radius 3 is 2.38 bits per heavy atom. The molecule has 0 aromatic carbocycles. The zero-order valence-electron chi connectivity index (χ0n) is 17.0. The van der Waals surface area contributed by atoms with Crippen molar-refractivity contribution < 1.29 is 24.6 Å². The Morgan fingerprint density at radius 2 is 1.86 bits per heavy atom. The summed E-state index contributed by atoms with van der Waals surface area (Å²) in [6.07, 6.45) is 0.824. The number of piperazine rings is 1. The van der Waals surface area contributed by atoms with Crippen LogP contribution in [0, 0.1) is 6.92 Å². The fourth-order valence-electron chi connectivity index (χ4n) is 3.97. The van der Waals surface area contributed by atoms with Crippen molar-refractivity contribution in [2.45, 2.75) is 51.8 Å². The predicted molar refractivity (Wildman–Crippen MR) is 102 cm³/mol. The molecule has 3 N–H and O–H groups in total. The van der Waals surface area contributed by atoms with E-state index in [2.05, 4.69) is 10.3 Å². The molecule has 2 aliphatic heterocycles. The molecule has 3 amide bonds. The molecular formula is C18H28N6O5. The van der Waals surface area contributed by atoms with E-state index in [9.17, 15) is 19.5 Å². The average Bonchev–Trinajstić information content (AvgIpc) is 3.25. The third-order valence-corrected chi connectivity index (χ3v) is 5.92. The van der Waals surface area contributed by atoms with Crippen LogP contribution in [0.1, 0.15) is 38.2 Å². The Labute approximate surface area is 168 Å². The van der Waals surface area contributed by atoms with E-state index in [1.165, 1.54) is 0 Å². The first-order valence-corrected chi connectivity index (χ1v) is 9.82. The molecule has 0 saturated carbocycles. The third-order valence-electron chi connectivity index (χ3n) is 5.92. The lowest BCUT2D eigenvalue weighted by atomic mass is 9.87. The predicted octanol–water partition coefficient (Wildman–Crippen LogP) is 0.222. The second kappa shape index (κ2) is 7.99. The highest BCUT2D eigenvalue weighted by molar-refractivity contribution is 5.87. The van der Waals surface area contributed by atoms with Crippen LogP contribution in [0.2, 0.25) is 0 Å². The standard InChI is InChI=1S/C18H28N6O5/c1-4-18(29,5-2)14(20-16(26)27)15(25)21-6-8-22(9-7-21)23-11-13-10-19-12(3)24(13)17(23)28/h10,14,20,29H,4-9,11H2,1-3H3,(H,26,27). The van der Waals surface area contributed by atoms with Crippen LogP contribution in [0.5, 0.6) is 0 Å². The molecule has 2 aliphatic rings. The first kappa shape index (κ1) is 21.1. The topological polar surface area (TPSA) is 131 Å². The number of imidazole rings is 1. The molecule has 1 unspecified atom stereocenters. The number of carboxylic acid groups (broad SMARTS) is 1. The summed E-state index contributed by atoms with van der Waals surface area (Å²) in [6.45, 7) is 7.18. The minimum absolute atomic E-state index is 0.161. The van der Waals surface area contributed by atoms with Crippen molar-refractivity contribution in [2.75, 3.05) is 26.2 Å². The molecule has 3 heterocycles. The quantitative estimate of drug-likeness (QED) is 0.614. The SMILES string of the molecule is CCC(O)(CC)C(NC(=O)O)C(=O)N1CCN(N2Cc3cnc(C)n3C2=O)CC1. The fourth-order valence-corrected chi connectivity index (χ4v) is 3.97. The average molecular weight is 408 g/mol. The second-order valence-corrected chi connectivity index (χ2v) is 7.44. The summed E-state index contributed by atoms with van der Waals surface area (Å²) in [5, 5.41) is 25.6. The van der Waals surface area contributed by atoms with Gasteiger partial charge >= 0.3 is 12.1 Å². The number of fused-ring (bicyclic) bond motifs is 1. The van der Waals surface area contributed by atoms with E-state index >= 15 is 0 Å². The smallest absolute Gasteiger partial charge is 0.405 e. The molecule has 1 fully saturated rings. The number of hydrazine groups is 1. The van der Waals surface area contributed by atoms with Gasteiger partial charge in [0.2, 0.25) is 5.91 Å². The van der Waals surface area contributed by atoms with Crippen LogP contribution in [0.15, 0.2) is 6.20 Å². The maximum Gasteiger partial charge on any atom is 0.405 e. The largest absolute Gasteiger partial charge is 0.465 e. The lowest BCUT2D eigenvalue weighted by Crippen LogP contribution is -2.63. The van der Waals surface area contributed by atoms with Gasteiger partial charge in [-0.1, -0.05) is 13.8 Å². The van der Waals surface area contributed by atoms with Gasteiger partial charge in [0.25, 0.3) is 0 Å². The van der Waals surface area contributed by atoms with Gasteiger partial charge in [0.05, 0.1) is 24.0 Å². The third kappa shape index (κ3) is 3.79. The number of carbonyl (C=O) groups is 3. The number of nitrogens with one attached hydrogen (secondary N) is 1. The Hall–Kier alpha value is -2.66. The zero-order valence-corrected chi connectivity index (χ0v) is 17.0. The Bertz CT molecular complexity index is 797. The van der Waals surface area contributed by atoms with E-state index < -0.39 is 23.6 Å². The molecule has 29 heavy (non-hydrogen) atoms. The molecule has 0 spiro atoms. The summed E-state index contributed by atoms with van der Waals surface area (Å²) >= 11 is 0. The number of aryl methyl sites for hydroxylation is 1. The van der Waals surface area contributed by atoms with E-state index in [4.69, 9.17) is 5.11 Å². The van der Waals surface area contributed by atoms with Crippen molar-refractivity contribution >= 4 is 18.0 Å². The molecule has 1 atom stereocenters. The summed E-state index contributed by atoms with van der Waals surface area (Å²) in [5.41, 5.74) is -0.626. The number of aliphatic hydroxyl groups is 1. The highest BCUT2D eigenvalue weighted by Gasteiger charge is 2.43. The van der Waals surface area contributed by atoms with Crippen molar-refractivity contribution in [3.63, 3.8) is 0 Å². The monoisotopic (exact) mass is 408 g/mol. The molecule has 0 radical (unpaired) electrons. The molecule has 160 valence electrons. The molecule has 3 rings (SSSR count). The van der Waals surface area contributed by atoms with Crippen molar-refractivity contribution in [2.24, 2.45) is 0 Å². The van der Waals surface area contributed by atoms with Crippen LogP contribution in [-0.4, -0.2) is 90.5 Å². The number of rotatable bonds is 6. The number of aromatic nitrogens is 2. The first-order chi connectivity index (χ1) is 13.7. The second-order valence-electron chi connectivity index (χ2n) is 7.44. The molecule has 0 bridgehead atoms. The van der Waals surface area contributed by atoms with Gasteiger partial charge in [-0.3, -0.25) is 9.80 Å². The van der Waals surface area contributed by atoms with E-state index in [0.717, 1.165) is 5.69 Å². The van der Waals surface area contributed by atoms with Gasteiger partial charge in [0.1, 0.15) is 11.9 Å². The molecular weight excluding hydrogens is 380 g/mol. The van der Waals surface area contributed by atoms with E-state index in [0.29, 0.717) is 38.5 Å². The van der Waals surface area contributed by atoms with Gasteiger partial charge in [-0.25, -0.2) is 24.1 Å². The zero-order chi connectivity index (χ0) is 21.3. The lowest BCUT2D eigenvalue weighted by Gasteiger charge is -2.42. The summed E-state index contributed by atoms with van der Waals surface area (Å²) in [7, 11) is 0.